The van der Waals surface area contributed by atoms with Crippen LogP contribution in [0, 0.1) is 64.6 Å². The Bertz CT molecular complexity index is 2780. The standard InChI is InChI=1S/C77H127N3O19/c1-42(2)36-58(78-63(86)34-35-77(17,18)73(93)54(15)66(87)43(3)4)70(91)50(11)40-48(9)68(89)46(7)31-33-60(83)53(14)74(94)80-64(55(16)81)72-52(13)59(82)32-30-45(6)67(88)47(8)39-49(10)69(90)51(12)61(84)41-57-38-44(5)37-56(98-57)28-26-24-22-20-19-21-23-25-27-29-62(85)79-65(75(95)96)71(92)76(97)99-72/h20,22-27,29-30,34-35,39-40,42-44,46-47,50-61,64-72,81-84,87-92H,19,21,28,31-33,36-38,41H2,1-18H3,(H,78,86)(H,79,85)(H,80,94)(H,95,96)/b22-20+,25-23+,26-24+,29-27+,35-34+,45-30+,48-40+,49-39+/t44?,46?,47?,50?,51?,52?,53?,54?,55?,56?,57?,58?,59?,60?,61?,64?,65-,66?,67?,68?,69?,70?,71-,72?/m1/s1. The Hall–Kier alpha value is -5.50. The van der Waals surface area contributed by atoms with Gasteiger partial charge in [0.2, 0.25) is 17.7 Å². The van der Waals surface area contributed by atoms with Gasteiger partial charge in [-0.05, 0) is 152 Å². The van der Waals surface area contributed by atoms with Gasteiger partial charge in [0.25, 0.3) is 0 Å². The van der Waals surface area contributed by atoms with Gasteiger partial charge in [-0.15, -0.1) is 0 Å². The Kier molecular flexibility index (Phi) is 39.3. The molecule has 22 nitrogen and oxygen atoms in total. The summed E-state index contributed by atoms with van der Waals surface area (Å²) in [5.41, 5.74) is 0.335. The second kappa shape index (κ2) is 43.5. The van der Waals surface area contributed by atoms with Crippen molar-refractivity contribution >= 4 is 35.4 Å². The summed E-state index contributed by atoms with van der Waals surface area (Å²) in [7, 11) is 0. The summed E-state index contributed by atoms with van der Waals surface area (Å²) >= 11 is 0. The molecule has 0 aromatic heterocycles. The molecule has 22 heteroatoms. The number of hydrogen-bond donors (Lipinski definition) is 14. The number of carboxylic acids is 1. The third-order valence-electron chi connectivity index (χ3n) is 19.8. The number of hydrogen-bond acceptors (Lipinski definition) is 18. The van der Waals surface area contributed by atoms with E-state index in [1.165, 1.54) is 45.1 Å². The number of ketones is 1. The molecule has 0 saturated carbocycles. The maximum Gasteiger partial charge on any atom is 0.338 e. The lowest BCUT2D eigenvalue weighted by atomic mass is 9.77. The monoisotopic (exact) mass is 1400 g/mol. The molecule has 2 bridgehead atoms. The smallest absolute Gasteiger partial charge is 0.338 e. The number of nitrogens with one attached hydrogen (secondary N) is 3. The zero-order valence-corrected chi connectivity index (χ0v) is 62.3. The Morgan fingerprint density at radius 2 is 1.30 bits per heavy atom. The van der Waals surface area contributed by atoms with Crippen LogP contribution in [0.25, 0.3) is 0 Å². The molecule has 2 aliphatic rings. The van der Waals surface area contributed by atoms with Gasteiger partial charge < -0.3 is 81.6 Å². The van der Waals surface area contributed by atoms with Gasteiger partial charge in [-0.1, -0.05) is 150 Å². The van der Waals surface area contributed by atoms with Crippen LogP contribution in [0.2, 0.25) is 0 Å². The lowest BCUT2D eigenvalue weighted by Gasteiger charge is -2.37. The fourth-order valence-corrected chi connectivity index (χ4v) is 12.9. The first-order valence-corrected chi connectivity index (χ1v) is 35.8. The number of rotatable bonds is 23. The van der Waals surface area contributed by atoms with Crippen LogP contribution in [0.4, 0.5) is 0 Å². The first kappa shape index (κ1) is 89.6. The molecule has 0 aromatic carbocycles. The molecule has 1 saturated heterocycles. The van der Waals surface area contributed by atoms with Gasteiger partial charge in [-0.25, -0.2) is 9.59 Å². The predicted molar refractivity (Wildman–Crippen MR) is 383 cm³/mol. The normalized spacial score (nSPS) is 32.0. The van der Waals surface area contributed by atoms with E-state index in [0.29, 0.717) is 54.7 Å². The van der Waals surface area contributed by atoms with E-state index in [2.05, 4.69) is 22.9 Å². The number of amides is 3. The van der Waals surface area contributed by atoms with Crippen LogP contribution < -0.4 is 16.0 Å². The van der Waals surface area contributed by atoms with E-state index in [9.17, 15) is 84.9 Å². The fourth-order valence-electron chi connectivity index (χ4n) is 12.9. The van der Waals surface area contributed by atoms with Gasteiger partial charge >= 0.3 is 11.9 Å². The van der Waals surface area contributed by atoms with Gasteiger partial charge in [-0.2, -0.15) is 0 Å². The number of aliphatic carboxylic acids is 1. The number of carbonyl (C=O) groups is 6. The van der Waals surface area contributed by atoms with Crippen molar-refractivity contribution in [3.8, 4) is 0 Å². The van der Waals surface area contributed by atoms with E-state index in [4.69, 9.17) is 9.47 Å². The topological polar surface area (TPSA) is 380 Å². The summed E-state index contributed by atoms with van der Waals surface area (Å²) in [5.74, 6) is -11.1. The minimum absolute atomic E-state index is 0.0271. The first-order chi connectivity index (χ1) is 46.0. The molecule has 24 atom stereocenters. The largest absolute Gasteiger partial charge is 0.480 e. The van der Waals surface area contributed by atoms with Gasteiger partial charge in [0, 0.05) is 41.1 Å². The van der Waals surface area contributed by atoms with Crippen LogP contribution in [0.3, 0.4) is 0 Å². The molecule has 22 unspecified atom stereocenters. The highest BCUT2D eigenvalue weighted by atomic mass is 16.6. The number of Topliss-reactive ketones (excluding diaryl/α,β-unsaturated/α-hetero) is 1. The number of aliphatic hydroxyl groups is 10. The minimum Gasteiger partial charge on any atom is -0.480 e. The van der Waals surface area contributed by atoms with Crippen LogP contribution >= 0.6 is 0 Å². The number of carbonyl (C=O) groups excluding carboxylic acids is 5. The summed E-state index contributed by atoms with van der Waals surface area (Å²) in [5, 5.41) is 132. The van der Waals surface area contributed by atoms with Crippen molar-refractivity contribution in [3.05, 3.63) is 95.7 Å². The van der Waals surface area contributed by atoms with Gasteiger partial charge in [0.15, 0.2) is 12.1 Å². The minimum atomic E-state index is -2.57. The van der Waals surface area contributed by atoms with E-state index >= 15 is 0 Å². The molecule has 14 N–H and O–H groups in total. The van der Waals surface area contributed by atoms with Crippen LogP contribution in [0.5, 0.6) is 0 Å². The summed E-state index contributed by atoms with van der Waals surface area (Å²) in [6.07, 6.45) is 10.3. The van der Waals surface area contributed by atoms with Crippen molar-refractivity contribution in [1.29, 1.82) is 0 Å². The molecule has 0 aromatic rings. The highest BCUT2D eigenvalue weighted by Gasteiger charge is 2.43. The number of fused-ring (bicyclic) bond motifs is 2. The molecular weight excluding hydrogens is 1270 g/mol. The zero-order chi connectivity index (χ0) is 75.5. The van der Waals surface area contributed by atoms with Crippen molar-refractivity contribution in [2.45, 2.75) is 286 Å². The number of carboxylic acid groups (broad SMARTS) is 1. The third-order valence-corrected chi connectivity index (χ3v) is 19.8. The third kappa shape index (κ3) is 30.2. The predicted octanol–water partition coefficient (Wildman–Crippen LogP) is 7.36. The lowest BCUT2D eigenvalue weighted by Crippen LogP contribution is -2.58. The maximum atomic E-state index is 14.2. The summed E-state index contributed by atoms with van der Waals surface area (Å²) in [6.45, 7) is 30.8. The quantitative estimate of drug-likeness (QED) is 0.0270. The number of cyclic esters (lactones) is 1. The average molecular weight is 1400 g/mol. The molecule has 3 amide bonds. The van der Waals surface area contributed by atoms with E-state index < -0.39 is 162 Å². The number of ether oxygens (including phenoxy) is 2. The highest BCUT2D eigenvalue weighted by Crippen LogP contribution is 2.33. The van der Waals surface area contributed by atoms with E-state index in [1.807, 2.05) is 52.0 Å². The molecule has 99 heavy (non-hydrogen) atoms. The lowest BCUT2D eigenvalue weighted by molar-refractivity contribution is -0.174. The Morgan fingerprint density at radius 3 is 1.89 bits per heavy atom. The molecule has 0 aliphatic carbocycles. The Labute approximate surface area is 590 Å². The Balaban J connectivity index is 2.46. The number of esters is 1. The number of allylic oxidation sites excluding steroid dienone is 7. The Morgan fingerprint density at radius 1 is 0.707 bits per heavy atom. The van der Waals surface area contributed by atoms with E-state index in [1.54, 1.807) is 93.5 Å². The van der Waals surface area contributed by atoms with E-state index in [-0.39, 0.29) is 49.1 Å². The fraction of sp³-hybridized carbons (Fsp3) is 0.714. The summed E-state index contributed by atoms with van der Waals surface area (Å²) < 4.78 is 12.2. The van der Waals surface area contributed by atoms with Gasteiger partial charge in [0.05, 0.1) is 85.1 Å². The highest BCUT2D eigenvalue weighted by molar-refractivity contribution is 5.94. The van der Waals surface area contributed by atoms with Crippen LogP contribution in [-0.2, 0) is 38.2 Å². The summed E-state index contributed by atoms with van der Waals surface area (Å²) in [6, 6.07) is -4.59. The molecule has 0 radical (unpaired) electrons. The first-order valence-electron chi connectivity index (χ1n) is 35.8. The van der Waals surface area contributed by atoms with Gasteiger partial charge in [-0.3, -0.25) is 19.2 Å². The zero-order valence-electron chi connectivity index (χ0n) is 62.3. The van der Waals surface area contributed by atoms with Crippen molar-refractivity contribution in [1.82, 2.24) is 16.0 Å². The molecule has 564 valence electrons. The molecule has 2 heterocycles. The van der Waals surface area contributed by atoms with Crippen LogP contribution in [-0.4, -0.2) is 189 Å². The van der Waals surface area contributed by atoms with Crippen molar-refractivity contribution < 1.29 is 94.4 Å². The molecular formula is C77H127N3O19. The SMILES string of the molecule is C/C1=C\CC(O)C(C)C(C(NC(=O)C(C)C(O)CCC(C)C(O)/C(C)=C/C(C)C(O)C(CC(C)C)NC(=O)/C=C/C(C)(C)C(=O)C(C)C(O)C(C)C)C(C)O)OC(=O)[C@H](O)[C@H](C(=O)O)NC(=O)/C=C/C=C/CC/C=C/C=C/CC2CC(C)CC(CC(O)C(C)C(O)/C(C)=C/C(C)C1O)O2. The van der Waals surface area contributed by atoms with E-state index in [0.717, 1.165) is 18.9 Å². The maximum absolute atomic E-state index is 14.2. The second-order valence-electron chi connectivity index (χ2n) is 30.1. The second-order valence-corrected chi connectivity index (χ2v) is 30.1. The number of aliphatic hydroxyl groups excluding tert-OH is 10. The molecule has 0 spiro atoms. The molecule has 1 fully saturated rings. The van der Waals surface area contributed by atoms with Crippen molar-refractivity contribution in [2.75, 3.05) is 0 Å². The molecule has 2 aliphatic heterocycles. The van der Waals surface area contributed by atoms with Crippen LogP contribution in [0.1, 0.15) is 189 Å². The van der Waals surface area contributed by atoms with Crippen LogP contribution in [0.15, 0.2) is 95.7 Å². The van der Waals surface area contributed by atoms with Crippen molar-refractivity contribution in [3.63, 3.8) is 0 Å². The summed E-state index contributed by atoms with van der Waals surface area (Å²) in [4.78, 5) is 80.4. The average Bonchev–Trinajstić information content (AvgIpc) is 0.834. The van der Waals surface area contributed by atoms with Gasteiger partial charge in [0.1, 0.15) is 11.9 Å². The van der Waals surface area contributed by atoms with Crippen molar-refractivity contribution in [2.24, 2.45) is 64.6 Å². The molecule has 2 rings (SSSR count).